The number of hydrogen-bond donors (Lipinski definition) is 2. The van der Waals surface area contributed by atoms with E-state index in [-0.39, 0.29) is 11.1 Å². The Kier molecular flexibility index (Phi) is 5.28. The van der Waals surface area contributed by atoms with Crippen LogP contribution in [0.3, 0.4) is 0 Å². The van der Waals surface area contributed by atoms with Crippen LogP contribution in [0.4, 0.5) is 13.2 Å². The topological polar surface area (TPSA) is 136 Å². The summed E-state index contributed by atoms with van der Waals surface area (Å²) in [7, 11) is -4.40. The number of alkyl halides is 3. The highest BCUT2D eigenvalue weighted by Crippen LogP contribution is 2.35. The highest BCUT2D eigenvalue weighted by atomic mass is 32.2. The summed E-state index contributed by atoms with van der Waals surface area (Å²) in [5, 5.41) is -0.393. The average molecular weight is 445 g/mol. The number of benzene rings is 1. The molecule has 2 N–H and O–H groups in total. The van der Waals surface area contributed by atoms with Crippen LogP contribution in [0.15, 0.2) is 40.4 Å². The molecule has 0 spiro atoms. The molecular weight excluding hydrogens is 431 g/mol. The predicted octanol–water partition coefficient (Wildman–Crippen LogP) is 0.747. The zero-order valence-electron chi connectivity index (χ0n) is 15.2. The minimum atomic E-state index is -4.82. The van der Waals surface area contributed by atoms with E-state index in [1.54, 1.807) is 4.83 Å². The molecule has 0 bridgehead atoms. The van der Waals surface area contributed by atoms with Gasteiger partial charge in [0, 0.05) is 18.8 Å². The molecule has 0 aliphatic carbocycles. The number of sulfonamides is 1. The van der Waals surface area contributed by atoms with Crippen LogP contribution in [0.1, 0.15) is 18.9 Å². The van der Waals surface area contributed by atoms with Crippen molar-refractivity contribution in [3.05, 3.63) is 57.3 Å². The summed E-state index contributed by atoms with van der Waals surface area (Å²) in [6, 6.07) is 1.44. The van der Waals surface area contributed by atoms with E-state index in [9.17, 15) is 36.0 Å². The smallest absolute Gasteiger partial charge is 0.306 e. The summed E-state index contributed by atoms with van der Waals surface area (Å²) in [5.41, 5.74) is -4.57. The second-order valence-corrected chi connectivity index (χ2v) is 7.90. The summed E-state index contributed by atoms with van der Waals surface area (Å²) < 4.78 is 65.7. The molecule has 0 amide bonds. The third-order valence-corrected chi connectivity index (χ3v) is 5.24. The standard InChI is InChI=1S/C16H14F3N5O5S/c1-2-9(25)7-30(28,29)22-24-14(26)10-5-13(23-4-3-20-8-23)11(16(17,18)19)6-12(10)21-15(24)27/h3-6,8,22H,2,7H2,1H3,(H,21,27). The molecule has 0 saturated carbocycles. The summed E-state index contributed by atoms with van der Waals surface area (Å²) in [5.74, 6) is -1.63. The van der Waals surface area contributed by atoms with Crippen molar-refractivity contribution in [2.75, 3.05) is 10.6 Å². The van der Waals surface area contributed by atoms with Crippen molar-refractivity contribution in [2.24, 2.45) is 0 Å². The maximum absolute atomic E-state index is 13.5. The molecule has 10 nitrogen and oxygen atoms in total. The second-order valence-electron chi connectivity index (χ2n) is 6.20. The fourth-order valence-corrected chi connectivity index (χ4v) is 3.80. The van der Waals surface area contributed by atoms with Crippen molar-refractivity contribution in [1.82, 2.24) is 19.2 Å². The van der Waals surface area contributed by atoms with Crippen LogP contribution in [0.25, 0.3) is 16.6 Å². The van der Waals surface area contributed by atoms with Gasteiger partial charge in [0.15, 0.2) is 0 Å². The van der Waals surface area contributed by atoms with Gasteiger partial charge >= 0.3 is 11.9 Å². The summed E-state index contributed by atoms with van der Waals surface area (Å²) in [6.07, 6.45) is -1.37. The Labute approximate surface area is 166 Å². The average Bonchev–Trinajstić information content (AvgIpc) is 3.17. The van der Waals surface area contributed by atoms with Crippen molar-refractivity contribution in [3.63, 3.8) is 0 Å². The number of nitrogens with one attached hydrogen (secondary N) is 2. The Morgan fingerprint density at radius 3 is 2.53 bits per heavy atom. The molecule has 14 heteroatoms. The van der Waals surface area contributed by atoms with Crippen molar-refractivity contribution >= 4 is 26.7 Å². The van der Waals surface area contributed by atoms with Gasteiger partial charge < -0.3 is 9.55 Å². The van der Waals surface area contributed by atoms with Crippen LogP contribution >= 0.6 is 0 Å². The van der Waals surface area contributed by atoms with Crippen molar-refractivity contribution in [1.29, 1.82) is 0 Å². The molecular formula is C16H14F3N5O5S. The highest BCUT2D eigenvalue weighted by molar-refractivity contribution is 7.93. The molecule has 0 saturated heterocycles. The van der Waals surface area contributed by atoms with Crippen LogP contribution in [-0.2, 0) is 21.0 Å². The van der Waals surface area contributed by atoms with E-state index in [0.717, 1.165) is 17.0 Å². The van der Waals surface area contributed by atoms with Gasteiger partial charge in [0.1, 0.15) is 11.5 Å². The zero-order chi connectivity index (χ0) is 22.3. The van der Waals surface area contributed by atoms with Gasteiger partial charge in [0.25, 0.3) is 15.6 Å². The predicted molar refractivity (Wildman–Crippen MR) is 99.4 cm³/mol. The number of fused-ring (bicyclic) bond motifs is 1. The van der Waals surface area contributed by atoms with E-state index in [0.29, 0.717) is 6.07 Å². The maximum atomic E-state index is 13.5. The van der Waals surface area contributed by atoms with E-state index in [1.807, 2.05) is 4.98 Å². The number of imidazole rings is 1. The maximum Gasteiger partial charge on any atom is 0.418 e. The van der Waals surface area contributed by atoms with E-state index < -0.39 is 61.1 Å². The fraction of sp³-hybridized carbons (Fsp3) is 0.250. The van der Waals surface area contributed by atoms with Crippen molar-refractivity contribution < 1.29 is 26.4 Å². The number of carbonyl (C=O) groups is 1. The number of carbonyl (C=O) groups excluding carboxylic acids is 1. The molecule has 2 heterocycles. The van der Waals surface area contributed by atoms with Crippen LogP contribution < -0.4 is 16.1 Å². The van der Waals surface area contributed by atoms with Gasteiger partial charge in [0.2, 0.25) is 0 Å². The first-order valence-electron chi connectivity index (χ1n) is 8.33. The number of aromatic amines is 1. The molecule has 1 aromatic carbocycles. The third-order valence-electron chi connectivity index (χ3n) is 4.08. The lowest BCUT2D eigenvalue weighted by Crippen LogP contribution is -2.45. The lowest BCUT2D eigenvalue weighted by molar-refractivity contribution is -0.137. The number of halogens is 3. The molecule has 0 fully saturated rings. The number of aromatic nitrogens is 4. The Morgan fingerprint density at radius 2 is 1.97 bits per heavy atom. The van der Waals surface area contributed by atoms with Gasteiger partial charge in [-0.15, -0.1) is 0 Å². The molecule has 160 valence electrons. The second kappa shape index (κ2) is 7.44. The van der Waals surface area contributed by atoms with E-state index in [2.05, 4.69) is 4.98 Å². The number of nitrogens with zero attached hydrogens (tertiary/aromatic N) is 3. The minimum absolute atomic E-state index is 0.0849. The third kappa shape index (κ3) is 4.12. The quantitative estimate of drug-likeness (QED) is 0.575. The molecule has 3 rings (SSSR count). The Bertz CT molecular complexity index is 1340. The molecule has 0 aliphatic rings. The first kappa shape index (κ1) is 21.3. The molecule has 0 atom stereocenters. The SMILES string of the molecule is CCC(=O)CS(=O)(=O)Nn1c(=O)[nH]c2cc(C(F)(F)F)c(-n3ccnc3)cc2c1=O. The lowest BCUT2D eigenvalue weighted by atomic mass is 10.1. The van der Waals surface area contributed by atoms with E-state index >= 15 is 0 Å². The molecule has 3 aromatic rings. The summed E-state index contributed by atoms with van der Waals surface area (Å²) in [6.45, 7) is 1.43. The highest BCUT2D eigenvalue weighted by Gasteiger charge is 2.35. The molecule has 0 aliphatic heterocycles. The van der Waals surface area contributed by atoms with Crippen LogP contribution in [-0.4, -0.2) is 39.2 Å². The Hall–Kier alpha value is -3.42. The minimum Gasteiger partial charge on any atom is -0.306 e. The molecule has 0 unspecified atom stereocenters. The van der Waals surface area contributed by atoms with Crippen LogP contribution in [0.2, 0.25) is 0 Å². The Morgan fingerprint density at radius 1 is 1.27 bits per heavy atom. The van der Waals surface area contributed by atoms with Gasteiger partial charge in [-0.1, -0.05) is 6.92 Å². The first-order valence-corrected chi connectivity index (χ1v) is 9.99. The summed E-state index contributed by atoms with van der Waals surface area (Å²) in [4.78, 5) is 43.6. The number of hydrogen-bond acceptors (Lipinski definition) is 6. The molecule has 30 heavy (non-hydrogen) atoms. The van der Waals surface area contributed by atoms with Crippen LogP contribution in [0.5, 0.6) is 0 Å². The molecule has 0 radical (unpaired) electrons. The van der Waals surface area contributed by atoms with Crippen molar-refractivity contribution in [3.8, 4) is 5.69 Å². The number of rotatable bonds is 6. The van der Waals surface area contributed by atoms with Gasteiger partial charge in [0.05, 0.1) is 28.5 Å². The monoisotopic (exact) mass is 445 g/mol. The first-order chi connectivity index (χ1) is 13.9. The van der Waals surface area contributed by atoms with Crippen molar-refractivity contribution in [2.45, 2.75) is 19.5 Å². The number of ketones is 1. The molecule has 2 aromatic heterocycles. The normalized spacial score (nSPS) is 12.3. The van der Waals surface area contributed by atoms with Gasteiger partial charge in [-0.2, -0.15) is 17.8 Å². The fourth-order valence-electron chi connectivity index (χ4n) is 2.66. The van der Waals surface area contributed by atoms with Gasteiger partial charge in [-0.3, -0.25) is 9.59 Å². The van der Waals surface area contributed by atoms with Gasteiger partial charge in [-0.25, -0.2) is 23.0 Å². The zero-order valence-corrected chi connectivity index (χ0v) is 16.0. The van der Waals surface area contributed by atoms with E-state index in [4.69, 9.17) is 0 Å². The largest absolute Gasteiger partial charge is 0.418 e. The van der Waals surface area contributed by atoms with Gasteiger partial charge in [-0.05, 0) is 12.1 Å². The lowest BCUT2D eigenvalue weighted by Gasteiger charge is -2.15. The number of Topliss-reactive ketones (excluding diaryl/α,β-unsaturated/α-hetero) is 1. The number of H-pyrrole nitrogens is 1. The van der Waals surface area contributed by atoms with E-state index in [1.165, 1.54) is 19.3 Å². The Balaban J connectivity index is 2.24. The summed E-state index contributed by atoms with van der Waals surface area (Å²) >= 11 is 0. The van der Waals surface area contributed by atoms with Crippen LogP contribution in [0, 0.1) is 0 Å².